The van der Waals surface area contributed by atoms with E-state index < -0.39 is 0 Å². The van der Waals surface area contributed by atoms with Crippen LogP contribution in [0.5, 0.6) is 5.88 Å². The summed E-state index contributed by atoms with van der Waals surface area (Å²) in [5, 5.41) is 4.62. The minimum atomic E-state index is 0. The van der Waals surface area contributed by atoms with E-state index in [4.69, 9.17) is 4.74 Å². The van der Waals surface area contributed by atoms with Crippen molar-refractivity contribution in [2.75, 3.05) is 7.11 Å². The monoisotopic (exact) mass is 453 g/mol. The molecule has 0 aliphatic rings. The number of nitrogens with zero attached hydrogens (tertiary/aromatic N) is 2. The molecule has 0 saturated carbocycles. The Kier molecular flexibility index (Phi) is 6.48. The first kappa shape index (κ1) is 17.0. The molecular formula is C16H22N2OPt. The fraction of sp³-hybridized carbons (Fsp3) is 0.438. The van der Waals surface area contributed by atoms with Crippen molar-refractivity contribution in [1.82, 2.24) is 9.78 Å². The van der Waals surface area contributed by atoms with Crippen molar-refractivity contribution < 1.29 is 25.8 Å². The molecule has 0 fully saturated rings. The maximum atomic E-state index is 5.49. The molecule has 4 heteroatoms. The predicted octanol–water partition coefficient (Wildman–Crippen LogP) is 4.09. The molecule has 1 aromatic heterocycles. The van der Waals surface area contributed by atoms with Crippen molar-refractivity contribution in [2.45, 2.75) is 39.7 Å². The molecule has 2 aromatic rings. The van der Waals surface area contributed by atoms with Crippen LogP contribution in [0.4, 0.5) is 0 Å². The molecule has 0 radical (unpaired) electrons. The zero-order valence-corrected chi connectivity index (χ0v) is 14.8. The molecule has 1 heterocycles. The number of methoxy groups -OCH3 is 1. The van der Waals surface area contributed by atoms with Gasteiger partial charge >= 0.3 is 0 Å². The predicted molar refractivity (Wildman–Crippen MR) is 78.6 cm³/mol. The van der Waals surface area contributed by atoms with Crippen molar-refractivity contribution in [3.05, 3.63) is 36.0 Å². The van der Waals surface area contributed by atoms with Crippen LogP contribution in [-0.4, -0.2) is 16.9 Å². The summed E-state index contributed by atoms with van der Waals surface area (Å²) in [6.07, 6.45) is 2.11. The Bertz CT molecular complexity index is 535. The van der Waals surface area contributed by atoms with Gasteiger partial charge in [-0.2, -0.15) is 0 Å². The number of aromatic nitrogens is 2. The van der Waals surface area contributed by atoms with Crippen LogP contribution in [0.25, 0.3) is 11.1 Å². The average Bonchev–Trinajstić information content (AvgIpc) is 2.79. The average molecular weight is 453 g/mol. The Morgan fingerprint density at radius 2 is 1.85 bits per heavy atom. The molecule has 0 aliphatic heterocycles. The number of benzene rings is 1. The van der Waals surface area contributed by atoms with Gasteiger partial charge in [-0.15, -0.1) is 5.10 Å². The summed E-state index contributed by atoms with van der Waals surface area (Å²) < 4.78 is 7.57. The number of hydrogen-bond donors (Lipinski definition) is 0. The largest absolute Gasteiger partial charge is 0.479 e. The van der Waals surface area contributed by atoms with E-state index in [1.807, 2.05) is 6.07 Å². The Balaban J connectivity index is 0.00000200. The van der Waals surface area contributed by atoms with Crippen LogP contribution in [0.2, 0.25) is 0 Å². The second kappa shape index (κ2) is 7.63. The van der Waals surface area contributed by atoms with E-state index in [9.17, 15) is 0 Å². The smallest absolute Gasteiger partial charge is 0.240 e. The van der Waals surface area contributed by atoms with Crippen molar-refractivity contribution in [2.24, 2.45) is 0 Å². The van der Waals surface area contributed by atoms with E-state index in [2.05, 4.69) is 54.8 Å². The Morgan fingerprint density at radius 1 is 1.20 bits per heavy atom. The number of rotatable bonds is 5. The zero-order chi connectivity index (χ0) is 13.8. The molecule has 112 valence electrons. The number of ether oxygens (including phenoxy) is 1. The third-order valence-corrected chi connectivity index (χ3v) is 3.21. The van der Waals surface area contributed by atoms with E-state index in [0.717, 1.165) is 24.3 Å². The van der Waals surface area contributed by atoms with Crippen LogP contribution >= 0.6 is 0 Å². The van der Waals surface area contributed by atoms with Crippen LogP contribution in [-0.2, 0) is 27.5 Å². The Hall–Kier alpha value is -1.08. The number of hydrogen-bond acceptors (Lipinski definition) is 2. The first-order valence-corrected chi connectivity index (χ1v) is 6.89. The van der Waals surface area contributed by atoms with Crippen LogP contribution in [0.3, 0.4) is 0 Å². The van der Waals surface area contributed by atoms with Gasteiger partial charge in [0.05, 0.1) is 18.4 Å². The SMILES string of the molecule is CCCc1c(-c2ccccc2)c(OC)nn1C(C)C.[Pt]. The van der Waals surface area contributed by atoms with Crippen LogP contribution in [0.15, 0.2) is 30.3 Å². The summed E-state index contributed by atoms with van der Waals surface area (Å²) in [5.41, 5.74) is 3.58. The van der Waals surface area contributed by atoms with Crippen molar-refractivity contribution in [3.63, 3.8) is 0 Å². The molecular weight excluding hydrogens is 431 g/mol. The van der Waals surface area contributed by atoms with E-state index >= 15 is 0 Å². The van der Waals surface area contributed by atoms with Gasteiger partial charge in [-0.25, -0.2) is 0 Å². The summed E-state index contributed by atoms with van der Waals surface area (Å²) in [7, 11) is 1.69. The summed E-state index contributed by atoms with van der Waals surface area (Å²) in [6, 6.07) is 10.7. The summed E-state index contributed by atoms with van der Waals surface area (Å²) in [6.45, 7) is 6.50. The minimum Gasteiger partial charge on any atom is -0.479 e. The van der Waals surface area contributed by atoms with Gasteiger partial charge in [0, 0.05) is 27.1 Å². The van der Waals surface area contributed by atoms with Crippen LogP contribution < -0.4 is 4.74 Å². The maximum absolute atomic E-state index is 5.49. The van der Waals surface area contributed by atoms with Gasteiger partial charge in [-0.1, -0.05) is 43.7 Å². The topological polar surface area (TPSA) is 27.1 Å². The quantitative estimate of drug-likeness (QED) is 0.682. The molecule has 0 amide bonds. The Morgan fingerprint density at radius 3 is 2.35 bits per heavy atom. The summed E-state index contributed by atoms with van der Waals surface area (Å²) in [5.74, 6) is 0.725. The van der Waals surface area contributed by atoms with Gasteiger partial charge in [-0.3, -0.25) is 4.68 Å². The second-order valence-electron chi connectivity index (χ2n) is 4.99. The molecule has 0 unspecified atom stereocenters. The molecule has 0 aliphatic carbocycles. The molecule has 0 spiro atoms. The normalized spacial score (nSPS) is 10.4. The minimum absolute atomic E-state index is 0. The van der Waals surface area contributed by atoms with Gasteiger partial charge in [-0.05, 0) is 25.8 Å². The first-order chi connectivity index (χ1) is 9.19. The first-order valence-electron chi connectivity index (χ1n) is 6.89. The van der Waals surface area contributed by atoms with E-state index in [1.54, 1.807) is 7.11 Å². The molecule has 20 heavy (non-hydrogen) atoms. The maximum Gasteiger partial charge on any atom is 0.240 e. The second-order valence-corrected chi connectivity index (χ2v) is 4.99. The fourth-order valence-electron chi connectivity index (χ4n) is 2.39. The van der Waals surface area contributed by atoms with Crippen molar-refractivity contribution >= 4 is 0 Å². The standard InChI is InChI=1S/C16H22N2O.Pt/c1-5-9-14-15(13-10-7-6-8-11-13)16(19-4)17-18(14)12(2)3;/h6-8,10-12H,5,9H2,1-4H3;. The molecule has 0 N–H and O–H groups in total. The molecule has 0 bridgehead atoms. The van der Waals surface area contributed by atoms with Gasteiger partial charge in [0.1, 0.15) is 0 Å². The third-order valence-electron chi connectivity index (χ3n) is 3.21. The summed E-state index contributed by atoms with van der Waals surface area (Å²) in [4.78, 5) is 0. The summed E-state index contributed by atoms with van der Waals surface area (Å²) >= 11 is 0. The van der Waals surface area contributed by atoms with Crippen molar-refractivity contribution in [1.29, 1.82) is 0 Å². The fourth-order valence-corrected chi connectivity index (χ4v) is 2.39. The van der Waals surface area contributed by atoms with Crippen molar-refractivity contribution in [3.8, 4) is 17.0 Å². The molecule has 3 nitrogen and oxygen atoms in total. The third kappa shape index (κ3) is 3.32. The van der Waals surface area contributed by atoms with Crippen LogP contribution in [0.1, 0.15) is 38.9 Å². The van der Waals surface area contributed by atoms with Gasteiger partial charge < -0.3 is 4.74 Å². The van der Waals surface area contributed by atoms with E-state index in [1.165, 1.54) is 11.3 Å². The Labute approximate surface area is 135 Å². The van der Waals surface area contributed by atoms with Gasteiger partial charge in [0.2, 0.25) is 5.88 Å². The van der Waals surface area contributed by atoms with Gasteiger partial charge in [0.15, 0.2) is 0 Å². The van der Waals surface area contributed by atoms with E-state index in [-0.39, 0.29) is 21.1 Å². The molecule has 2 rings (SSSR count). The van der Waals surface area contributed by atoms with Crippen LogP contribution in [0, 0.1) is 0 Å². The zero-order valence-electron chi connectivity index (χ0n) is 12.5. The van der Waals surface area contributed by atoms with Gasteiger partial charge in [0.25, 0.3) is 0 Å². The molecule has 0 atom stereocenters. The molecule has 1 aromatic carbocycles. The van der Waals surface area contributed by atoms with E-state index in [0.29, 0.717) is 6.04 Å². The molecule has 0 saturated heterocycles.